The summed E-state index contributed by atoms with van der Waals surface area (Å²) in [5.74, 6) is 0.122. The Hall–Kier alpha value is -2.62. The number of nitrogens with zero attached hydrogens (tertiary/aromatic N) is 1. The smallest absolute Gasteiger partial charge is 0.148 e. The summed E-state index contributed by atoms with van der Waals surface area (Å²) in [7, 11) is 0. The van der Waals surface area contributed by atoms with Gasteiger partial charge in [0.05, 0.1) is 11.4 Å². The third kappa shape index (κ3) is 3.77. The van der Waals surface area contributed by atoms with Crippen molar-refractivity contribution >= 4 is 22.7 Å². The Kier molecular flexibility index (Phi) is 4.55. The number of nitrogens with one attached hydrogen (secondary N) is 2. The molecule has 4 nitrogen and oxygen atoms in total. The largest absolute Gasteiger partial charge is 0.505 e. The van der Waals surface area contributed by atoms with Crippen molar-refractivity contribution in [2.24, 2.45) is 5.10 Å². The van der Waals surface area contributed by atoms with Crippen molar-refractivity contribution in [2.75, 3.05) is 5.43 Å². The van der Waals surface area contributed by atoms with Crippen molar-refractivity contribution in [1.29, 1.82) is 5.41 Å². The van der Waals surface area contributed by atoms with Gasteiger partial charge in [-0.25, -0.2) is 0 Å². The van der Waals surface area contributed by atoms with Gasteiger partial charge in [-0.15, -0.1) is 0 Å². The molecule has 0 fully saturated rings. The lowest BCUT2D eigenvalue weighted by Gasteiger charge is -2.22. The summed E-state index contributed by atoms with van der Waals surface area (Å²) in [6.45, 7) is 12.1. The Morgan fingerprint density at radius 2 is 1.87 bits per heavy atom. The van der Waals surface area contributed by atoms with Gasteiger partial charge in [0.2, 0.25) is 0 Å². The molecular weight excluding hydrogens is 286 g/mol. The van der Waals surface area contributed by atoms with Crippen LogP contribution in [0.25, 0.3) is 5.57 Å². The van der Waals surface area contributed by atoms with Crippen LogP contribution < -0.4 is 5.43 Å². The summed E-state index contributed by atoms with van der Waals surface area (Å²) >= 11 is 0. The van der Waals surface area contributed by atoms with E-state index in [1.807, 2.05) is 25.1 Å². The van der Waals surface area contributed by atoms with Gasteiger partial charge in [0.1, 0.15) is 11.5 Å². The number of hydrogen-bond acceptors (Lipinski definition) is 4. The minimum absolute atomic E-state index is 0.0678. The van der Waals surface area contributed by atoms with Gasteiger partial charge < -0.3 is 5.11 Å². The van der Waals surface area contributed by atoms with E-state index in [9.17, 15) is 5.11 Å². The quantitative estimate of drug-likeness (QED) is 0.432. The van der Waals surface area contributed by atoms with E-state index in [1.54, 1.807) is 18.2 Å². The van der Waals surface area contributed by atoms with Gasteiger partial charge in [-0.1, -0.05) is 39.5 Å². The van der Waals surface area contributed by atoms with Crippen molar-refractivity contribution in [3.05, 3.63) is 54.1 Å². The topological polar surface area (TPSA) is 68.5 Å². The highest BCUT2D eigenvalue weighted by Gasteiger charge is 2.19. The van der Waals surface area contributed by atoms with Crippen LogP contribution in [0.3, 0.4) is 0 Å². The average Bonchev–Trinajstić information content (AvgIpc) is 2.46. The lowest BCUT2D eigenvalue weighted by atomic mass is 9.85. The Morgan fingerprint density at radius 3 is 2.43 bits per heavy atom. The van der Waals surface area contributed by atoms with Crippen LogP contribution in [-0.4, -0.2) is 16.5 Å². The first-order valence-electron chi connectivity index (χ1n) is 7.51. The van der Waals surface area contributed by atoms with Crippen molar-refractivity contribution in [1.82, 2.24) is 0 Å². The predicted molar refractivity (Wildman–Crippen MR) is 98.6 cm³/mol. The molecule has 120 valence electrons. The van der Waals surface area contributed by atoms with E-state index in [0.29, 0.717) is 22.7 Å². The number of hydrogen-bond donors (Lipinski definition) is 3. The first-order chi connectivity index (χ1) is 10.7. The Labute approximate surface area is 137 Å². The zero-order valence-electron chi connectivity index (χ0n) is 14.1. The van der Waals surface area contributed by atoms with Gasteiger partial charge in [-0.2, -0.15) is 5.10 Å². The number of anilines is 1. The summed E-state index contributed by atoms with van der Waals surface area (Å²) in [4.78, 5) is 0. The van der Waals surface area contributed by atoms with Gasteiger partial charge in [0.25, 0.3) is 0 Å². The summed E-state index contributed by atoms with van der Waals surface area (Å²) < 4.78 is 0. The fraction of sp³-hybridized carbons (Fsp3) is 0.263. The highest BCUT2D eigenvalue weighted by atomic mass is 16.3. The minimum Gasteiger partial charge on any atom is -0.505 e. The van der Waals surface area contributed by atoms with E-state index < -0.39 is 0 Å². The third-order valence-corrected chi connectivity index (χ3v) is 3.64. The van der Waals surface area contributed by atoms with Crippen molar-refractivity contribution < 1.29 is 5.11 Å². The molecule has 0 aliphatic heterocycles. The van der Waals surface area contributed by atoms with Gasteiger partial charge in [-0.05, 0) is 47.8 Å². The fourth-order valence-corrected chi connectivity index (χ4v) is 2.17. The molecule has 0 radical (unpaired) electrons. The number of allylic oxidation sites excluding steroid dienone is 5. The summed E-state index contributed by atoms with van der Waals surface area (Å²) in [5.41, 5.74) is 6.75. The van der Waals surface area contributed by atoms with Crippen molar-refractivity contribution in [2.45, 2.75) is 33.1 Å². The van der Waals surface area contributed by atoms with E-state index in [2.05, 4.69) is 37.9 Å². The zero-order chi connectivity index (χ0) is 17.2. The number of hydrazone groups is 1. The maximum atomic E-state index is 10.5. The number of aromatic hydroxyl groups is 1. The molecule has 0 atom stereocenters. The van der Waals surface area contributed by atoms with E-state index in [0.717, 1.165) is 11.1 Å². The molecule has 0 spiro atoms. The molecule has 0 amide bonds. The van der Waals surface area contributed by atoms with Crippen LogP contribution in [0.15, 0.2) is 48.1 Å². The maximum absolute atomic E-state index is 10.5. The molecular formula is C19H23N3O. The summed E-state index contributed by atoms with van der Waals surface area (Å²) in [5, 5.41) is 22.5. The zero-order valence-corrected chi connectivity index (χ0v) is 14.1. The van der Waals surface area contributed by atoms with Crippen molar-refractivity contribution in [3.8, 4) is 5.75 Å². The third-order valence-electron chi connectivity index (χ3n) is 3.64. The fourth-order valence-electron chi connectivity index (χ4n) is 2.17. The highest BCUT2D eigenvalue weighted by Crippen LogP contribution is 2.37. The second-order valence-electron chi connectivity index (χ2n) is 6.69. The second-order valence-corrected chi connectivity index (χ2v) is 6.69. The van der Waals surface area contributed by atoms with Crippen LogP contribution in [-0.2, 0) is 5.41 Å². The van der Waals surface area contributed by atoms with Gasteiger partial charge in [0, 0.05) is 5.56 Å². The number of rotatable bonds is 3. The molecule has 1 aliphatic rings. The first kappa shape index (κ1) is 16.7. The van der Waals surface area contributed by atoms with Crippen LogP contribution >= 0.6 is 0 Å². The lowest BCUT2D eigenvalue weighted by Crippen LogP contribution is -2.14. The average molecular weight is 309 g/mol. The van der Waals surface area contributed by atoms with E-state index in [-0.39, 0.29) is 11.2 Å². The monoisotopic (exact) mass is 309 g/mol. The molecule has 0 bridgehead atoms. The predicted octanol–water partition coefficient (Wildman–Crippen LogP) is 4.64. The molecule has 0 aromatic heterocycles. The summed E-state index contributed by atoms with van der Waals surface area (Å²) in [6, 6.07) is 3.85. The van der Waals surface area contributed by atoms with E-state index >= 15 is 0 Å². The highest BCUT2D eigenvalue weighted by molar-refractivity contribution is 6.50. The van der Waals surface area contributed by atoms with Crippen LogP contribution in [0.2, 0.25) is 0 Å². The maximum Gasteiger partial charge on any atom is 0.148 e. The van der Waals surface area contributed by atoms with E-state index in [4.69, 9.17) is 5.41 Å². The molecule has 0 unspecified atom stereocenters. The molecule has 0 saturated carbocycles. The lowest BCUT2D eigenvalue weighted by molar-refractivity contribution is 0.474. The Morgan fingerprint density at radius 1 is 1.22 bits per heavy atom. The normalized spacial score (nSPS) is 16.0. The van der Waals surface area contributed by atoms with Crippen molar-refractivity contribution in [3.63, 3.8) is 0 Å². The van der Waals surface area contributed by atoms with Gasteiger partial charge in [0.15, 0.2) is 0 Å². The molecule has 1 aromatic rings. The SMILES string of the molecule is C=C(C)c1cc(C(C)(C)C)cc(N/N=C2/C=CC=CC2=N)c1O. The Balaban J connectivity index is 2.45. The minimum atomic E-state index is -0.0678. The molecule has 0 saturated heterocycles. The van der Waals surface area contributed by atoms with Crippen LogP contribution in [0.1, 0.15) is 38.8 Å². The van der Waals surface area contributed by atoms with E-state index in [1.165, 1.54) is 0 Å². The number of benzene rings is 1. The molecule has 4 heteroatoms. The van der Waals surface area contributed by atoms with Crippen LogP contribution in [0.4, 0.5) is 5.69 Å². The Bertz CT molecular complexity index is 747. The van der Waals surface area contributed by atoms with Crippen LogP contribution in [0, 0.1) is 5.41 Å². The number of phenols is 1. The standard InChI is InChI=1S/C19H23N3O/c1-12(2)14-10-13(19(3,4)5)11-17(18(14)23)22-21-16-9-7-6-8-15(16)20/h6-11,20,22-23H,1H2,2-5H3/b20-15?,21-16-. The second kappa shape index (κ2) is 6.24. The molecule has 1 aliphatic carbocycles. The molecule has 0 heterocycles. The van der Waals surface area contributed by atoms with Crippen LogP contribution in [0.5, 0.6) is 5.75 Å². The summed E-state index contributed by atoms with van der Waals surface area (Å²) in [6.07, 6.45) is 7.03. The number of phenolic OH excluding ortho intramolecular Hbond substituents is 1. The molecule has 3 N–H and O–H groups in total. The first-order valence-corrected chi connectivity index (χ1v) is 7.51. The van der Waals surface area contributed by atoms with Gasteiger partial charge >= 0.3 is 0 Å². The molecule has 2 rings (SSSR count). The van der Waals surface area contributed by atoms with Gasteiger partial charge in [-0.3, -0.25) is 10.8 Å². The molecule has 23 heavy (non-hydrogen) atoms. The molecule has 1 aromatic carbocycles.